The third kappa shape index (κ3) is 27.4. The van der Waals surface area contributed by atoms with Crippen molar-refractivity contribution in [2.45, 2.75) is 272 Å². The number of nitrogens with one attached hydrogen (secondary N) is 11. The molecule has 0 spiro atoms. The highest BCUT2D eigenvalue weighted by Gasteiger charge is 2.58. The van der Waals surface area contributed by atoms with Crippen LogP contribution in [0.1, 0.15) is 127 Å². The number of carbonyl (C=O) groups is 17. The molecule has 0 aliphatic carbocycles. The number of amides is 15. The van der Waals surface area contributed by atoms with Gasteiger partial charge in [0.2, 0.25) is 88.6 Å². The molecule has 27 N–H and O–H groups in total. The first-order valence-electron chi connectivity index (χ1n) is 38.6. The zero-order valence-corrected chi connectivity index (χ0v) is 67.2. The van der Waals surface area contributed by atoms with Crippen LogP contribution in [0.3, 0.4) is 0 Å². The summed E-state index contributed by atoms with van der Waals surface area (Å²) in [5.74, 6) is -22.7. The summed E-state index contributed by atoms with van der Waals surface area (Å²) in [5.41, 5.74) is 16.5. The van der Waals surface area contributed by atoms with Crippen LogP contribution in [0.2, 0.25) is 0 Å². The highest BCUT2D eigenvalue weighted by atomic mass is 16.7. The van der Waals surface area contributed by atoms with E-state index in [4.69, 9.17) is 36.1 Å². The molecular formula is C70H114N18O31. The molecule has 15 amide bonds. The second-order valence-electron chi connectivity index (χ2n) is 30.0. The standard InChI is InChI=1S/C70H114N18O31/c1-28(2)47(83-45(97)24-75-33(7)92)61(108)85-49(32(6)117-67-51(79-35(9)94)54(102)53(101)44(118-67)27-116-70(68(114)115)23-42(95)50(78-34(8)93)55(119-70)52(100)43(96)26-90)63(110)82-38(25-89)58(105)76-29(3)65(112)87-20-12-17-41(87)60(107)81-37(22-46(98)99)57(104)84-48(31(5)91)62(109)80-36(14-10-18-74-69(72)73)66(113)88-21-13-16-40(88)59(106)77-30(4)64(111)86-19-11-15-39(86)56(71)103/h28-32,36-44,47-55,67,89-91,95-96,100-102H,10-27H2,1-9H3,(H2,71,103)(H,75,92)(H,76,105)(H,77,106)(H,78,93)(H,79,94)(H,80,109)(H,81,107)(H,82,110)(H,83,97)(H,84,104)(H,85,108)(H,98,99)(H,114,115)(H4,72,73,74)/t29-,30-,31?,32?,36-,37-,38-,39-,40-,41-,42+,43+,44?,47-,48-,49-,50+,51?,52+,53-,54?,55?,67-,70+/m0/s1. The Bertz CT molecular complexity index is 3690. The van der Waals surface area contributed by atoms with Gasteiger partial charge in [-0.25, -0.2) is 4.79 Å². The van der Waals surface area contributed by atoms with Crippen molar-refractivity contribution in [3.8, 4) is 0 Å². The lowest BCUT2D eigenvalue weighted by Gasteiger charge is -2.48. The number of aliphatic hydroxyl groups is 8. The minimum atomic E-state index is -3.06. The van der Waals surface area contributed by atoms with Crippen LogP contribution in [0.4, 0.5) is 0 Å². The predicted molar refractivity (Wildman–Crippen MR) is 402 cm³/mol. The molecule has 0 saturated carbocycles. The largest absolute Gasteiger partial charge is 0.481 e. The average Bonchev–Trinajstić information content (AvgIpc) is 1.14. The lowest BCUT2D eigenvalue weighted by molar-refractivity contribution is -0.332. The van der Waals surface area contributed by atoms with Gasteiger partial charge in [0.25, 0.3) is 5.79 Å². The molecule has 0 aromatic rings. The number of aliphatic hydroxyl groups excluding tert-OH is 8. The Morgan fingerprint density at radius 2 is 1.08 bits per heavy atom. The molecule has 0 radical (unpaired) electrons. The van der Waals surface area contributed by atoms with Crippen LogP contribution >= 0.6 is 0 Å². The summed E-state index contributed by atoms with van der Waals surface area (Å²) in [5, 5.41) is 133. The molecule has 49 heteroatoms. The van der Waals surface area contributed by atoms with E-state index in [0.717, 1.165) is 51.3 Å². The van der Waals surface area contributed by atoms with E-state index in [1.807, 2.05) is 0 Å². The third-order valence-electron chi connectivity index (χ3n) is 20.3. The number of carboxylic acid groups (broad SMARTS) is 2. The first-order chi connectivity index (χ1) is 55.7. The highest BCUT2D eigenvalue weighted by Crippen LogP contribution is 2.36. The molecule has 24 atom stereocenters. The van der Waals surface area contributed by atoms with Crippen LogP contribution in [-0.2, 0) is 100 Å². The molecule has 49 nitrogen and oxygen atoms in total. The number of aliphatic imine (C=N–C) groups is 1. The molecule has 0 aromatic heterocycles. The third-order valence-corrected chi connectivity index (χ3v) is 20.3. The van der Waals surface area contributed by atoms with Gasteiger partial charge in [-0.1, -0.05) is 13.8 Å². The summed E-state index contributed by atoms with van der Waals surface area (Å²) in [6.45, 7) is 6.27. The Morgan fingerprint density at radius 3 is 1.61 bits per heavy atom. The van der Waals surface area contributed by atoms with Gasteiger partial charge in [-0.05, 0) is 85.0 Å². The normalized spacial score (nSPS) is 25.9. The molecule has 5 aliphatic rings. The SMILES string of the molecule is CC(=O)NCC(=O)N[C@H](C(=O)N[C@H](C(=O)N[C@@H](CO)C(=O)N[C@@H](C)C(=O)N1CCC[C@H]1C(=O)N[C@@H](CC(=O)O)C(=O)N[C@H](C(=O)N[C@@H](CCCN=C(N)N)C(=O)N1CCC[C@H]1C(=O)N[C@@H](C)C(=O)N1CCC[C@H]1C(N)=O)C(C)O)C(C)O[C@H]1OC(CO[C@]2(C(=O)O)C[C@@H](O)[C@@H](NC(C)=O)C([C@H](O)[C@H](O)CO)O2)[C@H](O)C(O)C1NC(C)=O)C(C)C. The molecule has 0 aromatic carbocycles. The molecular weight excluding hydrogens is 1590 g/mol. The topological polar surface area (TPSA) is 762 Å². The average molecular weight is 1700 g/mol. The fourth-order valence-corrected chi connectivity index (χ4v) is 14.1. The fourth-order valence-electron chi connectivity index (χ4n) is 14.1. The Kier molecular flexibility index (Phi) is 37.8. The van der Waals surface area contributed by atoms with Crippen LogP contribution in [0.25, 0.3) is 0 Å². The van der Waals surface area contributed by atoms with E-state index in [1.165, 1.54) is 25.7 Å². The number of hydrogen-bond acceptors (Lipinski definition) is 30. The van der Waals surface area contributed by atoms with Crippen molar-refractivity contribution >= 4 is 107 Å². The first kappa shape index (κ1) is 99.3. The number of nitrogens with two attached hydrogens (primary N) is 3. The zero-order chi connectivity index (χ0) is 89.5. The Balaban J connectivity index is 1.35. The van der Waals surface area contributed by atoms with E-state index in [-0.39, 0.29) is 70.7 Å². The summed E-state index contributed by atoms with van der Waals surface area (Å²) in [4.78, 5) is 236. The minimum Gasteiger partial charge on any atom is -0.481 e. The van der Waals surface area contributed by atoms with Gasteiger partial charge in [0, 0.05) is 53.4 Å². The summed E-state index contributed by atoms with van der Waals surface area (Å²) in [6.07, 6.45) is -21.7. The van der Waals surface area contributed by atoms with Crippen molar-refractivity contribution < 1.29 is 152 Å². The van der Waals surface area contributed by atoms with Crippen molar-refractivity contribution in [2.24, 2.45) is 28.1 Å². The van der Waals surface area contributed by atoms with Crippen LogP contribution in [0.15, 0.2) is 4.99 Å². The predicted octanol–water partition coefficient (Wildman–Crippen LogP) is -13.4. The maximum atomic E-state index is 14.8. The van der Waals surface area contributed by atoms with Gasteiger partial charge in [0.15, 0.2) is 12.2 Å². The van der Waals surface area contributed by atoms with Crippen molar-refractivity contribution in [1.82, 2.24) is 73.2 Å². The number of carbonyl (C=O) groups excluding carboxylic acids is 15. The number of rotatable bonds is 42. The lowest BCUT2D eigenvalue weighted by atomic mass is 9.88. The number of likely N-dealkylation sites (tertiary alicyclic amines) is 3. The van der Waals surface area contributed by atoms with Crippen molar-refractivity contribution in [1.29, 1.82) is 0 Å². The second kappa shape index (κ2) is 45.3. The Hall–Kier alpha value is -10.2. The van der Waals surface area contributed by atoms with Crippen molar-refractivity contribution in [3.63, 3.8) is 0 Å². The van der Waals surface area contributed by atoms with E-state index in [2.05, 4.69) is 63.5 Å². The van der Waals surface area contributed by atoms with Crippen LogP contribution < -0.4 is 75.7 Å². The summed E-state index contributed by atoms with van der Waals surface area (Å²) in [7, 11) is 0. The Morgan fingerprint density at radius 1 is 0.571 bits per heavy atom. The van der Waals surface area contributed by atoms with E-state index in [1.54, 1.807) is 0 Å². The van der Waals surface area contributed by atoms with Gasteiger partial charge in [-0.2, -0.15) is 0 Å². The Labute approximate surface area is 681 Å². The zero-order valence-electron chi connectivity index (χ0n) is 67.2. The van der Waals surface area contributed by atoms with Gasteiger partial charge in [0.05, 0.1) is 57.1 Å². The van der Waals surface area contributed by atoms with Crippen molar-refractivity contribution in [3.05, 3.63) is 0 Å². The number of primary amides is 1. The minimum absolute atomic E-state index is 0.0143. The molecule has 5 heterocycles. The van der Waals surface area contributed by atoms with E-state index in [9.17, 15) is 133 Å². The second-order valence-corrected chi connectivity index (χ2v) is 30.0. The number of nitrogens with zero attached hydrogens (tertiary/aromatic N) is 4. The van der Waals surface area contributed by atoms with Crippen LogP contribution in [-0.4, -0.2) is 370 Å². The maximum absolute atomic E-state index is 14.8. The number of carboxylic acids is 2. The molecule has 6 unspecified atom stereocenters. The first-order valence-corrected chi connectivity index (χ1v) is 38.6. The summed E-state index contributed by atoms with van der Waals surface area (Å²) >= 11 is 0. The van der Waals surface area contributed by atoms with Gasteiger partial charge in [-0.3, -0.25) is 81.7 Å². The molecule has 670 valence electrons. The van der Waals surface area contributed by atoms with E-state index >= 15 is 0 Å². The van der Waals surface area contributed by atoms with Crippen LogP contribution in [0.5, 0.6) is 0 Å². The molecule has 5 fully saturated rings. The van der Waals surface area contributed by atoms with Crippen LogP contribution in [0, 0.1) is 5.92 Å². The quantitative estimate of drug-likeness (QED) is 0.0153. The number of hydrogen-bond donors (Lipinski definition) is 24. The highest BCUT2D eigenvalue weighted by molar-refractivity contribution is 6.01. The van der Waals surface area contributed by atoms with E-state index < -0.39 is 291 Å². The maximum Gasteiger partial charge on any atom is 0.364 e. The number of guanidine groups is 1. The molecule has 119 heavy (non-hydrogen) atoms. The van der Waals surface area contributed by atoms with Gasteiger partial charge in [-0.15, -0.1) is 0 Å². The van der Waals surface area contributed by atoms with Crippen molar-refractivity contribution in [2.75, 3.05) is 52.5 Å². The smallest absolute Gasteiger partial charge is 0.364 e. The monoisotopic (exact) mass is 1700 g/mol. The fraction of sp³-hybridized carbons (Fsp3) is 0.743. The number of aliphatic carboxylic acids is 2. The number of ether oxygens (including phenoxy) is 4. The summed E-state index contributed by atoms with van der Waals surface area (Å²) < 4.78 is 23.4. The summed E-state index contributed by atoms with van der Waals surface area (Å²) in [6, 6.07) is -21.3. The van der Waals surface area contributed by atoms with Gasteiger partial charge in [0.1, 0.15) is 109 Å². The van der Waals surface area contributed by atoms with E-state index in [0.29, 0.717) is 12.8 Å². The molecule has 5 rings (SSSR count). The molecule has 5 saturated heterocycles. The molecule has 5 aliphatic heterocycles. The molecule has 0 bridgehead atoms. The van der Waals surface area contributed by atoms with Gasteiger partial charge < -0.3 is 160 Å². The van der Waals surface area contributed by atoms with Gasteiger partial charge >= 0.3 is 11.9 Å². The lowest BCUT2D eigenvalue weighted by Crippen LogP contribution is -2.69.